The molecule has 4 fully saturated rings. The number of fused-ring (bicyclic) bond motifs is 5. The van der Waals surface area contributed by atoms with Crippen LogP contribution in [0.2, 0.25) is 0 Å². The first-order valence-electron chi connectivity index (χ1n) is 10.8. The fraction of sp³-hybridized carbons (Fsp3) is 0.955. The van der Waals surface area contributed by atoms with Crippen molar-refractivity contribution in [2.24, 2.45) is 41.4 Å². The monoisotopic (exact) mass is 332 g/mol. The zero-order chi connectivity index (χ0) is 16.9. The summed E-state index contributed by atoms with van der Waals surface area (Å²) in [5.41, 5.74) is -0.107. The minimum absolute atomic E-state index is 0.107. The van der Waals surface area contributed by atoms with E-state index in [1.807, 2.05) is 0 Å². The molecule has 0 aliphatic heterocycles. The maximum atomic E-state index is 13.1. The lowest BCUT2D eigenvalue weighted by atomic mass is 9.70. The van der Waals surface area contributed by atoms with Crippen LogP contribution >= 0.6 is 0 Å². The molecule has 0 aromatic heterocycles. The average molecular weight is 333 g/mol. The number of hydrogen-bond donors (Lipinski definition) is 0. The van der Waals surface area contributed by atoms with Gasteiger partial charge >= 0.3 is 5.97 Å². The van der Waals surface area contributed by atoms with E-state index in [1.165, 1.54) is 38.5 Å². The van der Waals surface area contributed by atoms with Crippen molar-refractivity contribution in [3.05, 3.63) is 0 Å². The Morgan fingerprint density at radius 2 is 1.62 bits per heavy atom. The maximum Gasteiger partial charge on any atom is 0.309 e. The minimum Gasteiger partial charge on any atom is -0.459 e. The number of rotatable bonds is 5. The number of esters is 1. The first-order chi connectivity index (χ1) is 11.6. The molecule has 0 N–H and O–H groups in total. The number of carbonyl (C=O) groups excluding carboxylic acids is 1. The van der Waals surface area contributed by atoms with Gasteiger partial charge in [-0.15, -0.1) is 0 Å². The molecule has 2 nitrogen and oxygen atoms in total. The highest BCUT2D eigenvalue weighted by Crippen LogP contribution is 2.65. The van der Waals surface area contributed by atoms with E-state index >= 15 is 0 Å². The van der Waals surface area contributed by atoms with Gasteiger partial charge in [0.2, 0.25) is 0 Å². The molecule has 0 aromatic rings. The predicted octanol–water partition coefficient (Wildman–Crippen LogP) is 5.60. The van der Waals surface area contributed by atoms with Gasteiger partial charge in [0.25, 0.3) is 0 Å². The van der Waals surface area contributed by atoms with Gasteiger partial charge in [-0.25, -0.2) is 0 Å². The van der Waals surface area contributed by atoms with Gasteiger partial charge in [0.1, 0.15) is 5.60 Å². The molecule has 2 bridgehead atoms. The number of hydrogen-bond acceptors (Lipinski definition) is 2. The van der Waals surface area contributed by atoms with Crippen molar-refractivity contribution in [2.75, 3.05) is 0 Å². The van der Waals surface area contributed by atoms with E-state index in [2.05, 4.69) is 20.8 Å². The van der Waals surface area contributed by atoms with E-state index in [9.17, 15) is 4.79 Å². The van der Waals surface area contributed by atoms with E-state index in [0.29, 0.717) is 5.92 Å². The van der Waals surface area contributed by atoms with Gasteiger partial charge < -0.3 is 4.74 Å². The fourth-order valence-electron chi connectivity index (χ4n) is 7.50. The third-order valence-electron chi connectivity index (χ3n) is 8.65. The van der Waals surface area contributed by atoms with Crippen LogP contribution in [0.25, 0.3) is 0 Å². The Balaban J connectivity index is 1.48. The summed E-state index contributed by atoms with van der Waals surface area (Å²) in [6.07, 6.45) is 12.2. The first kappa shape index (κ1) is 16.9. The molecule has 4 aliphatic carbocycles. The summed E-state index contributed by atoms with van der Waals surface area (Å²) >= 11 is 0. The van der Waals surface area contributed by atoms with Crippen molar-refractivity contribution >= 4 is 5.97 Å². The smallest absolute Gasteiger partial charge is 0.309 e. The maximum absolute atomic E-state index is 13.1. The molecule has 4 saturated carbocycles. The number of ether oxygens (including phenoxy) is 1. The number of carbonyl (C=O) groups is 1. The summed E-state index contributed by atoms with van der Waals surface area (Å²) in [6.45, 7) is 6.94. The quantitative estimate of drug-likeness (QED) is 0.613. The normalized spacial score (nSPS) is 45.5. The molecule has 4 rings (SSSR count). The van der Waals surface area contributed by atoms with Gasteiger partial charge in [-0.05, 0) is 86.9 Å². The van der Waals surface area contributed by atoms with Gasteiger partial charge in [-0.3, -0.25) is 4.79 Å². The van der Waals surface area contributed by atoms with Crippen molar-refractivity contribution in [1.29, 1.82) is 0 Å². The second kappa shape index (κ2) is 6.32. The second-order valence-corrected chi connectivity index (χ2v) is 9.39. The molecule has 0 aromatic carbocycles. The van der Waals surface area contributed by atoms with Gasteiger partial charge in [0.05, 0.1) is 5.92 Å². The Kier molecular flexibility index (Phi) is 4.46. The van der Waals surface area contributed by atoms with Gasteiger partial charge in [-0.1, -0.05) is 33.6 Å². The Morgan fingerprint density at radius 3 is 2.25 bits per heavy atom. The van der Waals surface area contributed by atoms with Crippen LogP contribution in [0.4, 0.5) is 0 Å². The largest absolute Gasteiger partial charge is 0.459 e. The van der Waals surface area contributed by atoms with Gasteiger partial charge in [-0.2, -0.15) is 0 Å². The van der Waals surface area contributed by atoms with Crippen LogP contribution in [0.3, 0.4) is 0 Å². The summed E-state index contributed by atoms with van der Waals surface area (Å²) in [7, 11) is 0. The molecule has 24 heavy (non-hydrogen) atoms. The van der Waals surface area contributed by atoms with E-state index in [1.54, 1.807) is 0 Å². The molecule has 0 radical (unpaired) electrons. The van der Waals surface area contributed by atoms with Crippen molar-refractivity contribution in [3.63, 3.8) is 0 Å². The summed E-state index contributed by atoms with van der Waals surface area (Å²) < 4.78 is 6.22. The van der Waals surface area contributed by atoms with Crippen molar-refractivity contribution in [3.8, 4) is 0 Å². The predicted molar refractivity (Wildman–Crippen MR) is 96.4 cm³/mol. The van der Waals surface area contributed by atoms with E-state index in [-0.39, 0.29) is 17.5 Å². The Hall–Kier alpha value is -0.530. The molecular formula is C22H36O2. The topological polar surface area (TPSA) is 26.3 Å². The van der Waals surface area contributed by atoms with Gasteiger partial charge in [0.15, 0.2) is 0 Å². The van der Waals surface area contributed by atoms with E-state index in [0.717, 1.165) is 55.3 Å². The highest BCUT2D eigenvalue weighted by molar-refractivity contribution is 5.74. The molecule has 7 atom stereocenters. The first-order valence-corrected chi connectivity index (χ1v) is 10.8. The molecule has 0 spiro atoms. The standard InChI is InChI=1S/C22H36O2/c1-4-14-11-15(5-2)20-17-12-16(19(14)20)13-18(17)21(23)24-22(6-3)9-7-8-10-22/h14-20H,4-13H2,1-3H3/t14-,15+,16-,17+,18?,19-,20+/m1/s1. The Morgan fingerprint density at radius 1 is 0.958 bits per heavy atom. The van der Waals surface area contributed by atoms with Gasteiger partial charge in [0, 0.05) is 0 Å². The van der Waals surface area contributed by atoms with Crippen LogP contribution in [0.15, 0.2) is 0 Å². The second-order valence-electron chi connectivity index (χ2n) is 9.39. The van der Waals surface area contributed by atoms with Crippen LogP contribution in [0, 0.1) is 41.4 Å². The van der Waals surface area contributed by atoms with Crippen molar-refractivity contribution in [2.45, 2.75) is 90.6 Å². The van der Waals surface area contributed by atoms with Crippen molar-refractivity contribution < 1.29 is 9.53 Å². The van der Waals surface area contributed by atoms with Crippen LogP contribution in [-0.2, 0) is 9.53 Å². The van der Waals surface area contributed by atoms with Crippen LogP contribution in [0.5, 0.6) is 0 Å². The van der Waals surface area contributed by atoms with E-state index in [4.69, 9.17) is 4.74 Å². The molecule has 1 unspecified atom stereocenters. The van der Waals surface area contributed by atoms with Crippen LogP contribution in [-0.4, -0.2) is 11.6 Å². The summed E-state index contributed by atoms with van der Waals surface area (Å²) in [6, 6.07) is 0. The third kappa shape index (κ3) is 2.46. The molecule has 0 amide bonds. The highest BCUT2D eigenvalue weighted by Gasteiger charge is 2.61. The van der Waals surface area contributed by atoms with Crippen LogP contribution in [0.1, 0.15) is 85.0 Å². The van der Waals surface area contributed by atoms with Crippen molar-refractivity contribution in [1.82, 2.24) is 0 Å². The molecule has 0 heterocycles. The minimum atomic E-state index is -0.107. The SMILES string of the molecule is CC[C@@H]1C[C@H](CC)[C@@H]2[C@H]1[C@H]1CC(C(=O)OC3(CC)CCCC3)[C@@H]2C1. The molecular weight excluding hydrogens is 296 g/mol. The Bertz CT molecular complexity index is 478. The lowest BCUT2D eigenvalue weighted by Gasteiger charge is -2.37. The molecule has 2 heteroatoms. The molecule has 136 valence electrons. The Labute approximate surface area is 148 Å². The zero-order valence-corrected chi connectivity index (χ0v) is 15.9. The summed E-state index contributed by atoms with van der Waals surface area (Å²) in [5, 5.41) is 0. The third-order valence-corrected chi connectivity index (χ3v) is 8.65. The highest BCUT2D eigenvalue weighted by atomic mass is 16.6. The fourth-order valence-corrected chi connectivity index (χ4v) is 7.50. The zero-order valence-electron chi connectivity index (χ0n) is 15.9. The molecule has 4 aliphatic rings. The summed E-state index contributed by atoms with van der Waals surface area (Å²) in [5.74, 6) is 5.44. The lowest BCUT2D eigenvalue weighted by Crippen LogP contribution is -2.39. The molecule has 0 saturated heterocycles. The van der Waals surface area contributed by atoms with Crippen LogP contribution < -0.4 is 0 Å². The lowest BCUT2D eigenvalue weighted by molar-refractivity contribution is -0.168. The summed E-state index contributed by atoms with van der Waals surface area (Å²) in [4.78, 5) is 13.1. The van der Waals surface area contributed by atoms with E-state index < -0.39 is 0 Å². The average Bonchev–Trinajstić information content (AvgIpc) is 3.34.